The fourth-order valence-electron chi connectivity index (χ4n) is 2.56. The molecule has 1 aliphatic rings. The van der Waals surface area contributed by atoms with Crippen LogP contribution in [0, 0.1) is 18.3 Å². The first-order valence-corrected chi connectivity index (χ1v) is 8.66. The van der Waals surface area contributed by atoms with E-state index < -0.39 is 41.6 Å². The summed E-state index contributed by atoms with van der Waals surface area (Å²) in [7, 11) is 1.19. The zero-order chi connectivity index (χ0) is 20.6. The number of alkyl carbamates (subject to hydrolysis) is 1. The van der Waals surface area contributed by atoms with Gasteiger partial charge in [-0.2, -0.15) is 0 Å². The monoisotopic (exact) mass is 381 g/mol. The number of carbonyl (C=O) groups excluding carboxylic acids is 4. The molecule has 0 aromatic carbocycles. The molecule has 3 N–H and O–H groups in total. The SMILES string of the molecule is C#CCC(NC(=O)OC(C)(C)C)C(=O)NC(C[C@@H]1CCNC1=O)C(=O)OC. The van der Waals surface area contributed by atoms with Crippen LogP contribution in [0.4, 0.5) is 4.79 Å². The van der Waals surface area contributed by atoms with Crippen LogP contribution >= 0.6 is 0 Å². The normalized spacial score (nSPS) is 18.5. The van der Waals surface area contributed by atoms with Gasteiger partial charge in [0.15, 0.2) is 0 Å². The summed E-state index contributed by atoms with van der Waals surface area (Å²) in [6, 6.07) is -2.12. The molecule has 150 valence electrons. The van der Waals surface area contributed by atoms with Crippen molar-refractivity contribution in [2.75, 3.05) is 13.7 Å². The molecular formula is C18H27N3O6. The number of hydrogen-bond donors (Lipinski definition) is 3. The fraction of sp³-hybridized carbons (Fsp3) is 0.667. The Morgan fingerprint density at radius 2 is 1.96 bits per heavy atom. The van der Waals surface area contributed by atoms with Gasteiger partial charge in [-0.1, -0.05) is 0 Å². The lowest BCUT2D eigenvalue weighted by atomic mass is 9.98. The van der Waals surface area contributed by atoms with E-state index in [0.29, 0.717) is 13.0 Å². The predicted molar refractivity (Wildman–Crippen MR) is 96.3 cm³/mol. The zero-order valence-electron chi connectivity index (χ0n) is 16.1. The molecule has 9 heteroatoms. The van der Waals surface area contributed by atoms with Crippen molar-refractivity contribution in [2.24, 2.45) is 5.92 Å². The molecule has 0 aromatic rings. The van der Waals surface area contributed by atoms with Gasteiger partial charge < -0.3 is 25.4 Å². The van der Waals surface area contributed by atoms with E-state index in [1.807, 2.05) is 0 Å². The first-order chi connectivity index (χ1) is 12.6. The summed E-state index contributed by atoms with van der Waals surface area (Å²) in [6.07, 6.45) is 5.03. The number of nitrogens with one attached hydrogen (secondary N) is 3. The highest BCUT2D eigenvalue weighted by Gasteiger charge is 2.33. The van der Waals surface area contributed by atoms with Gasteiger partial charge in [0.25, 0.3) is 0 Å². The van der Waals surface area contributed by atoms with Gasteiger partial charge in [-0.05, 0) is 33.6 Å². The maximum atomic E-state index is 12.5. The fourth-order valence-corrected chi connectivity index (χ4v) is 2.56. The summed E-state index contributed by atoms with van der Waals surface area (Å²) >= 11 is 0. The van der Waals surface area contributed by atoms with Gasteiger partial charge in [-0.25, -0.2) is 9.59 Å². The maximum Gasteiger partial charge on any atom is 0.408 e. The minimum Gasteiger partial charge on any atom is -0.467 e. The van der Waals surface area contributed by atoms with Crippen LogP contribution < -0.4 is 16.0 Å². The molecule has 1 rings (SSSR count). The molecule has 0 radical (unpaired) electrons. The standard InChI is InChI=1S/C18H27N3O6/c1-6-7-12(21-17(25)27-18(2,3)4)15(23)20-13(16(24)26-5)10-11-8-9-19-14(11)22/h1,11-13H,7-10H2,2-5H3,(H,19,22)(H,20,23)(H,21,25)/t11-,12?,13?/m0/s1. The second-order valence-corrected chi connectivity index (χ2v) is 7.20. The quantitative estimate of drug-likeness (QED) is 0.424. The first-order valence-electron chi connectivity index (χ1n) is 8.66. The van der Waals surface area contributed by atoms with Crippen LogP contribution in [0.5, 0.6) is 0 Å². The summed E-state index contributed by atoms with van der Waals surface area (Å²) in [6.45, 7) is 5.57. The van der Waals surface area contributed by atoms with E-state index >= 15 is 0 Å². The zero-order valence-corrected chi connectivity index (χ0v) is 16.1. The van der Waals surface area contributed by atoms with Crippen molar-refractivity contribution in [1.29, 1.82) is 0 Å². The lowest BCUT2D eigenvalue weighted by Crippen LogP contribution is -2.53. The smallest absolute Gasteiger partial charge is 0.408 e. The van der Waals surface area contributed by atoms with Crippen LogP contribution in [0.25, 0.3) is 0 Å². The number of hydrogen-bond acceptors (Lipinski definition) is 6. The number of carbonyl (C=O) groups is 4. The van der Waals surface area contributed by atoms with Crippen molar-refractivity contribution >= 4 is 23.9 Å². The lowest BCUT2D eigenvalue weighted by molar-refractivity contribution is -0.146. The molecule has 1 aliphatic heterocycles. The van der Waals surface area contributed by atoms with E-state index in [-0.39, 0.29) is 18.7 Å². The Bertz CT molecular complexity index is 620. The topological polar surface area (TPSA) is 123 Å². The van der Waals surface area contributed by atoms with Crippen molar-refractivity contribution in [2.45, 2.75) is 57.7 Å². The number of rotatable bonds is 7. The van der Waals surface area contributed by atoms with Crippen molar-refractivity contribution in [3.05, 3.63) is 0 Å². The molecule has 1 heterocycles. The Morgan fingerprint density at radius 1 is 1.30 bits per heavy atom. The van der Waals surface area contributed by atoms with Crippen LogP contribution in [0.1, 0.15) is 40.0 Å². The summed E-state index contributed by atoms with van der Waals surface area (Å²) in [5.41, 5.74) is -0.744. The van der Waals surface area contributed by atoms with E-state index in [1.54, 1.807) is 20.8 Å². The van der Waals surface area contributed by atoms with Gasteiger partial charge in [0.05, 0.1) is 7.11 Å². The van der Waals surface area contributed by atoms with Crippen LogP contribution in [0.2, 0.25) is 0 Å². The minimum atomic E-state index is -1.09. The summed E-state index contributed by atoms with van der Waals surface area (Å²) in [4.78, 5) is 48.2. The Morgan fingerprint density at radius 3 is 2.44 bits per heavy atom. The van der Waals surface area contributed by atoms with Gasteiger partial charge >= 0.3 is 12.1 Å². The second kappa shape index (κ2) is 9.80. The number of ether oxygens (including phenoxy) is 2. The lowest BCUT2D eigenvalue weighted by Gasteiger charge is -2.24. The average Bonchev–Trinajstić information content (AvgIpc) is 2.96. The maximum absolute atomic E-state index is 12.5. The molecule has 0 aromatic heterocycles. The van der Waals surface area contributed by atoms with E-state index in [9.17, 15) is 19.2 Å². The number of methoxy groups -OCH3 is 1. The first kappa shape index (κ1) is 22.3. The number of esters is 1. The molecule has 1 saturated heterocycles. The highest BCUT2D eigenvalue weighted by Crippen LogP contribution is 2.17. The van der Waals surface area contributed by atoms with E-state index in [1.165, 1.54) is 7.11 Å². The minimum absolute atomic E-state index is 0.0944. The molecule has 2 unspecified atom stereocenters. The van der Waals surface area contributed by atoms with Gasteiger partial charge in [-0.3, -0.25) is 9.59 Å². The van der Waals surface area contributed by atoms with Crippen LogP contribution in [0.3, 0.4) is 0 Å². The highest BCUT2D eigenvalue weighted by molar-refractivity contribution is 5.90. The molecule has 0 spiro atoms. The molecule has 1 fully saturated rings. The Balaban J connectivity index is 2.79. The van der Waals surface area contributed by atoms with Crippen LogP contribution in [-0.2, 0) is 23.9 Å². The third-order valence-electron chi connectivity index (χ3n) is 3.81. The molecule has 0 bridgehead atoms. The second-order valence-electron chi connectivity index (χ2n) is 7.20. The predicted octanol–water partition coefficient (Wildman–Crippen LogP) is 0.0870. The summed E-state index contributed by atoms with van der Waals surface area (Å²) in [5.74, 6) is 0.383. The Kier molecular flexibility index (Phi) is 8.09. The number of amides is 3. The van der Waals surface area contributed by atoms with E-state index in [2.05, 4.69) is 21.9 Å². The Hall–Kier alpha value is -2.76. The van der Waals surface area contributed by atoms with Crippen LogP contribution in [0.15, 0.2) is 0 Å². The van der Waals surface area contributed by atoms with Gasteiger partial charge in [0.2, 0.25) is 11.8 Å². The van der Waals surface area contributed by atoms with Gasteiger partial charge in [0.1, 0.15) is 17.7 Å². The molecule has 27 heavy (non-hydrogen) atoms. The molecule has 9 nitrogen and oxygen atoms in total. The van der Waals surface area contributed by atoms with Gasteiger partial charge in [0, 0.05) is 18.9 Å². The Labute approximate surface area is 158 Å². The molecule has 0 saturated carbocycles. The number of terminal acetylenes is 1. The van der Waals surface area contributed by atoms with Crippen molar-refractivity contribution in [3.8, 4) is 12.3 Å². The molecule has 0 aliphatic carbocycles. The third-order valence-corrected chi connectivity index (χ3v) is 3.81. The van der Waals surface area contributed by atoms with Crippen molar-refractivity contribution in [1.82, 2.24) is 16.0 Å². The van der Waals surface area contributed by atoms with E-state index in [4.69, 9.17) is 15.9 Å². The average molecular weight is 381 g/mol. The molecule has 3 atom stereocenters. The summed E-state index contributed by atoms with van der Waals surface area (Å²) in [5, 5.41) is 7.57. The van der Waals surface area contributed by atoms with Crippen molar-refractivity contribution < 1.29 is 28.7 Å². The van der Waals surface area contributed by atoms with Crippen LogP contribution in [-0.4, -0.2) is 55.2 Å². The van der Waals surface area contributed by atoms with Gasteiger partial charge in [-0.15, -0.1) is 12.3 Å². The third kappa shape index (κ3) is 7.56. The largest absolute Gasteiger partial charge is 0.467 e. The van der Waals surface area contributed by atoms with E-state index in [0.717, 1.165) is 0 Å². The molecular weight excluding hydrogens is 354 g/mol. The highest BCUT2D eigenvalue weighted by atomic mass is 16.6. The van der Waals surface area contributed by atoms with Crippen molar-refractivity contribution in [3.63, 3.8) is 0 Å². The summed E-state index contributed by atoms with van der Waals surface area (Å²) < 4.78 is 9.82. The molecule has 3 amide bonds.